The zero-order valence-electron chi connectivity index (χ0n) is 20.6. The Morgan fingerprint density at radius 2 is 1.89 bits per heavy atom. The van der Waals surface area contributed by atoms with Gasteiger partial charge in [0.25, 0.3) is 6.01 Å². The van der Waals surface area contributed by atoms with Gasteiger partial charge in [-0.05, 0) is 49.4 Å². The zero-order chi connectivity index (χ0) is 27.3. The van der Waals surface area contributed by atoms with E-state index >= 15 is 0 Å². The number of esters is 1. The third kappa shape index (κ3) is 6.67. The molecule has 1 aromatic carbocycles. The number of carbonyl (C=O) groups is 2. The molecule has 202 valence electrons. The Balaban J connectivity index is 1.40. The first-order valence-corrected chi connectivity index (χ1v) is 12.1. The van der Waals surface area contributed by atoms with Crippen molar-refractivity contribution in [3.63, 3.8) is 0 Å². The number of halogens is 4. The number of rotatable bonds is 9. The summed E-state index contributed by atoms with van der Waals surface area (Å²) in [6, 6.07) is 7.98. The van der Waals surface area contributed by atoms with E-state index in [2.05, 4.69) is 15.3 Å². The minimum atomic E-state index is -4.95. The number of oxazole rings is 1. The summed E-state index contributed by atoms with van der Waals surface area (Å²) in [7, 11) is 0. The second kappa shape index (κ2) is 11.6. The second-order valence-electron chi connectivity index (χ2n) is 8.86. The van der Waals surface area contributed by atoms with E-state index in [-0.39, 0.29) is 17.6 Å². The molecular formula is C26H26F4N4O4. The van der Waals surface area contributed by atoms with Gasteiger partial charge in [0.15, 0.2) is 5.69 Å². The average Bonchev–Trinajstić information content (AvgIpc) is 3.31. The zero-order valence-corrected chi connectivity index (χ0v) is 20.6. The topological polar surface area (TPSA) is 97.6 Å². The van der Waals surface area contributed by atoms with Crippen LogP contribution in [0.5, 0.6) is 0 Å². The number of nitrogens with zero attached hydrogens (tertiary/aromatic N) is 3. The fourth-order valence-electron chi connectivity index (χ4n) is 4.23. The molecule has 4 rings (SSSR count). The number of para-hydroxylation sites is 1. The highest BCUT2D eigenvalue weighted by molar-refractivity contribution is 5.96. The number of pyridine rings is 1. The lowest BCUT2D eigenvalue weighted by Crippen LogP contribution is -2.35. The molecule has 1 aliphatic rings. The molecule has 0 unspecified atom stereocenters. The monoisotopic (exact) mass is 534 g/mol. The molecule has 3 heterocycles. The molecule has 2 aromatic heterocycles. The molecule has 0 aliphatic carbocycles. The van der Waals surface area contributed by atoms with Gasteiger partial charge in [-0.2, -0.15) is 18.2 Å². The number of Topliss-reactive ketones (excluding diaryl/α,β-unsaturated/α-hetero) is 1. The Kier molecular flexibility index (Phi) is 8.28. The highest BCUT2D eigenvalue weighted by atomic mass is 19.4. The van der Waals surface area contributed by atoms with Gasteiger partial charge >= 0.3 is 12.1 Å². The number of benzene rings is 1. The number of alkyl halides is 3. The fraction of sp³-hybridized carbons (Fsp3) is 0.385. The van der Waals surface area contributed by atoms with Gasteiger partial charge in [0.2, 0.25) is 11.5 Å². The van der Waals surface area contributed by atoms with Gasteiger partial charge in [-0.1, -0.05) is 18.2 Å². The van der Waals surface area contributed by atoms with Gasteiger partial charge < -0.3 is 19.4 Å². The molecule has 0 bridgehead atoms. The summed E-state index contributed by atoms with van der Waals surface area (Å²) >= 11 is 0. The van der Waals surface area contributed by atoms with Crippen LogP contribution < -0.4 is 10.2 Å². The van der Waals surface area contributed by atoms with Crippen molar-refractivity contribution in [1.29, 1.82) is 0 Å². The molecular weight excluding hydrogens is 508 g/mol. The van der Waals surface area contributed by atoms with Gasteiger partial charge in [0.05, 0.1) is 12.3 Å². The quantitative estimate of drug-likeness (QED) is 0.216. The number of carbonyl (C=O) groups excluding carboxylic acids is 2. The lowest BCUT2D eigenvalue weighted by molar-refractivity contribution is -0.144. The molecule has 3 aromatic rings. The lowest BCUT2D eigenvalue weighted by Gasteiger charge is -2.32. The lowest BCUT2D eigenvalue weighted by atomic mass is 9.93. The van der Waals surface area contributed by atoms with Crippen LogP contribution in [0.25, 0.3) is 0 Å². The summed E-state index contributed by atoms with van der Waals surface area (Å²) in [5.41, 5.74) is -1.24. The Bertz CT molecular complexity index is 1270. The number of hydrogen-bond acceptors (Lipinski definition) is 8. The molecule has 12 heteroatoms. The summed E-state index contributed by atoms with van der Waals surface area (Å²) in [5.74, 6) is -1.92. The van der Waals surface area contributed by atoms with Gasteiger partial charge in [-0.3, -0.25) is 9.59 Å². The predicted molar refractivity (Wildman–Crippen MR) is 130 cm³/mol. The number of aromatic nitrogens is 2. The maximum Gasteiger partial charge on any atom is 0.437 e. The molecule has 0 saturated carbocycles. The van der Waals surface area contributed by atoms with E-state index in [1.165, 1.54) is 24.4 Å². The maximum absolute atomic E-state index is 13.9. The van der Waals surface area contributed by atoms with E-state index in [0.29, 0.717) is 37.5 Å². The van der Waals surface area contributed by atoms with Crippen LogP contribution in [0, 0.1) is 11.7 Å². The molecule has 1 aliphatic heterocycles. The van der Waals surface area contributed by atoms with Gasteiger partial charge in [-0.15, -0.1) is 0 Å². The highest BCUT2D eigenvalue weighted by Crippen LogP contribution is 2.35. The van der Waals surface area contributed by atoms with Gasteiger partial charge in [-0.25, -0.2) is 9.37 Å². The largest absolute Gasteiger partial charge is 0.466 e. The summed E-state index contributed by atoms with van der Waals surface area (Å²) in [5, 5.41) is 2.34. The van der Waals surface area contributed by atoms with Crippen molar-refractivity contribution in [2.24, 2.45) is 5.92 Å². The third-order valence-corrected chi connectivity index (χ3v) is 6.14. The molecule has 1 N–H and O–H groups in total. The van der Waals surface area contributed by atoms with Crippen LogP contribution in [0.3, 0.4) is 0 Å². The molecule has 8 nitrogen and oxygen atoms in total. The number of piperidine rings is 1. The van der Waals surface area contributed by atoms with Crippen LogP contribution in [0.2, 0.25) is 0 Å². The molecule has 0 amide bonds. The summed E-state index contributed by atoms with van der Waals surface area (Å²) in [4.78, 5) is 34.2. The van der Waals surface area contributed by atoms with Crippen molar-refractivity contribution in [2.75, 3.05) is 29.9 Å². The van der Waals surface area contributed by atoms with Gasteiger partial charge in [0.1, 0.15) is 11.6 Å². The number of nitrogens with one attached hydrogen (secondary N) is 1. The van der Waals surface area contributed by atoms with Crippen LogP contribution in [-0.2, 0) is 22.1 Å². The molecule has 0 atom stereocenters. The van der Waals surface area contributed by atoms with Crippen molar-refractivity contribution in [3.05, 3.63) is 65.4 Å². The first-order chi connectivity index (χ1) is 18.1. The van der Waals surface area contributed by atoms with Crippen LogP contribution in [0.15, 0.2) is 47.0 Å². The van der Waals surface area contributed by atoms with Crippen molar-refractivity contribution < 1.29 is 36.3 Å². The fourth-order valence-corrected chi connectivity index (χ4v) is 4.23. The molecule has 0 spiro atoms. The van der Waals surface area contributed by atoms with E-state index < -0.39 is 41.7 Å². The normalized spacial score (nSPS) is 14.4. The molecule has 1 fully saturated rings. The van der Waals surface area contributed by atoms with Crippen molar-refractivity contribution in [3.8, 4) is 0 Å². The number of anilines is 3. The van der Waals surface area contributed by atoms with Gasteiger partial charge in [0, 0.05) is 32.1 Å². The van der Waals surface area contributed by atoms with E-state index in [4.69, 9.17) is 9.15 Å². The Morgan fingerprint density at radius 1 is 1.16 bits per heavy atom. The average molecular weight is 535 g/mol. The Morgan fingerprint density at radius 3 is 2.53 bits per heavy atom. The van der Waals surface area contributed by atoms with E-state index in [9.17, 15) is 27.2 Å². The SMILES string of the molecule is CCOC(=O)CC1CCN(c2ccc(CC(=O)c3oc(Nc4ccccc4F)nc3C(F)(F)F)cn2)CC1. The second-order valence-corrected chi connectivity index (χ2v) is 8.86. The van der Waals surface area contributed by atoms with E-state index in [1.807, 2.05) is 4.90 Å². The highest BCUT2D eigenvalue weighted by Gasteiger charge is 2.41. The molecule has 1 saturated heterocycles. The smallest absolute Gasteiger partial charge is 0.437 e. The summed E-state index contributed by atoms with van der Waals surface area (Å²) in [6.07, 6.45) is -1.93. The van der Waals surface area contributed by atoms with Crippen LogP contribution >= 0.6 is 0 Å². The number of ether oxygens (including phenoxy) is 1. The van der Waals surface area contributed by atoms with Crippen molar-refractivity contribution in [1.82, 2.24) is 9.97 Å². The number of ketones is 1. The van der Waals surface area contributed by atoms with Crippen LogP contribution in [-0.4, -0.2) is 41.4 Å². The molecule has 0 radical (unpaired) electrons. The predicted octanol–water partition coefficient (Wildman–Crippen LogP) is 5.57. The van der Waals surface area contributed by atoms with Crippen LogP contribution in [0.1, 0.15) is 48.0 Å². The Labute approximate surface area is 216 Å². The van der Waals surface area contributed by atoms with E-state index in [0.717, 1.165) is 18.9 Å². The third-order valence-electron chi connectivity index (χ3n) is 6.14. The standard InChI is InChI=1S/C26H26F4N4O4/c1-2-37-22(36)14-16-9-11-34(12-10-16)21-8-7-17(15-31-21)13-20(35)23-24(26(28,29)30)33-25(38-23)32-19-6-4-3-5-18(19)27/h3-8,15-16H,2,9-14H2,1H3,(H,32,33). The first kappa shape index (κ1) is 27.1. The summed E-state index contributed by atoms with van der Waals surface area (Å²) in [6.45, 7) is 3.52. The first-order valence-electron chi connectivity index (χ1n) is 12.1. The van der Waals surface area contributed by atoms with Crippen molar-refractivity contribution in [2.45, 2.75) is 38.8 Å². The maximum atomic E-state index is 13.9. The molecule has 38 heavy (non-hydrogen) atoms. The summed E-state index contributed by atoms with van der Waals surface area (Å²) < 4.78 is 64.6. The minimum absolute atomic E-state index is 0.147. The Hall–Kier alpha value is -3.96. The number of hydrogen-bond donors (Lipinski definition) is 1. The van der Waals surface area contributed by atoms with E-state index in [1.54, 1.807) is 19.1 Å². The minimum Gasteiger partial charge on any atom is -0.466 e. The van der Waals surface area contributed by atoms with Crippen LogP contribution in [0.4, 0.5) is 35.1 Å². The van der Waals surface area contributed by atoms with Crippen molar-refractivity contribution >= 4 is 29.3 Å².